The second-order valence-corrected chi connectivity index (χ2v) is 5.50. The van der Waals surface area contributed by atoms with Gasteiger partial charge in [0.05, 0.1) is 19.2 Å². The fraction of sp³-hybridized carbons (Fsp3) is 0.429. The van der Waals surface area contributed by atoms with E-state index >= 15 is 0 Å². The van der Waals surface area contributed by atoms with Crippen molar-refractivity contribution in [3.05, 3.63) is 23.0 Å². The Balaban J connectivity index is 2.12. The van der Waals surface area contributed by atoms with Gasteiger partial charge in [-0.25, -0.2) is 9.78 Å². The van der Waals surface area contributed by atoms with Gasteiger partial charge in [0.2, 0.25) is 0 Å². The molecule has 0 unspecified atom stereocenters. The number of fused-ring (bicyclic) bond motifs is 3. The Bertz CT molecular complexity index is 713. The molecule has 0 aliphatic carbocycles. The summed E-state index contributed by atoms with van der Waals surface area (Å²) in [4.78, 5) is 17.0. The van der Waals surface area contributed by atoms with Crippen LogP contribution in [0, 0.1) is 0 Å². The number of ether oxygens (including phenoxy) is 1. The van der Waals surface area contributed by atoms with E-state index in [0.29, 0.717) is 30.6 Å². The van der Waals surface area contributed by atoms with Crippen molar-refractivity contribution in [1.29, 1.82) is 0 Å². The zero-order chi connectivity index (χ0) is 15.1. The minimum Gasteiger partial charge on any atom is -0.491 e. The molecule has 0 spiro atoms. The smallest absolute Gasteiger partial charge is 0.407 e. The average molecular weight is 310 g/mol. The van der Waals surface area contributed by atoms with E-state index in [1.807, 2.05) is 26.0 Å². The quantitative estimate of drug-likeness (QED) is 0.865. The molecule has 1 aliphatic heterocycles. The van der Waals surface area contributed by atoms with Crippen LogP contribution in [0.2, 0.25) is 5.15 Å². The van der Waals surface area contributed by atoms with Crippen molar-refractivity contribution < 1.29 is 14.6 Å². The van der Waals surface area contributed by atoms with Gasteiger partial charge in [-0.05, 0) is 26.0 Å². The number of aromatic nitrogens is 2. The molecule has 6 nitrogen and oxygen atoms in total. The minimum atomic E-state index is -0.903. The molecule has 7 heteroatoms. The van der Waals surface area contributed by atoms with Crippen LogP contribution in [0.1, 0.15) is 25.6 Å². The Morgan fingerprint density at radius 1 is 1.57 bits per heavy atom. The fourth-order valence-corrected chi connectivity index (χ4v) is 3.03. The molecule has 0 saturated carbocycles. The van der Waals surface area contributed by atoms with Crippen molar-refractivity contribution in [2.45, 2.75) is 26.4 Å². The summed E-state index contributed by atoms with van der Waals surface area (Å²) in [6.07, 6.45) is -0.903. The van der Waals surface area contributed by atoms with Gasteiger partial charge in [-0.3, -0.25) is 0 Å². The first-order valence-electron chi connectivity index (χ1n) is 6.82. The number of carboxylic acid groups (broad SMARTS) is 1. The van der Waals surface area contributed by atoms with Crippen LogP contribution in [0.15, 0.2) is 12.1 Å². The molecule has 3 heterocycles. The first-order chi connectivity index (χ1) is 10.0. The van der Waals surface area contributed by atoms with E-state index < -0.39 is 6.09 Å². The molecule has 3 rings (SSSR count). The lowest BCUT2D eigenvalue weighted by Crippen LogP contribution is -2.39. The molecule has 0 aromatic carbocycles. The van der Waals surface area contributed by atoms with Gasteiger partial charge in [0, 0.05) is 17.6 Å². The summed E-state index contributed by atoms with van der Waals surface area (Å²) in [5.74, 6) is 0.553. The molecule has 1 atom stereocenters. The lowest BCUT2D eigenvalue weighted by molar-refractivity contribution is 0.125. The van der Waals surface area contributed by atoms with Crippen LogP contribution < -0.4 is 4.74 Å². The lowest BCUT2D eigenvalue weighted by atomic mass is 10.2. The van der Waals surface area contributed by atoms with Gasteiger partial charge in [-0.15, -0.1) is 0 Å². The largest absolute Gasteiger partial charge is 0.491 e. The van der Waals surface area contributed by atoms with Crippen molar-refractivity contribution in [3.8, 4) is 5.75 Å². The molecule has 0 radical (unpaired) electrons. The molecule has 1 N–H and O–H groups in total. The fourth-order valence-electron chi connectivity index (χ4n) is 2.84. The molecule has 112 valence electrons. The Morgan fingerprint density at radius 2 is 2.33 bits per heavy atom. The SMILES string of the molecule is CCOc1cc2cc3n(c2nc1Cl)[C@H](C)CN(C(=O)O)C3. The van der Waals surface area contributed by atoms with Crippen LogP contribution in [-0.4, -0.2) is 38.8 Å². The number of carbonyl (C=O) groups is 1. The molecule has 1 amide bonds. The normalized spacial score (nSPS) is 17.9. The maximum Gasteiger partial charge on any atom is 0.407 e. The third kappa shape index (κ3) is 2.29. The van der Waals surface area contributed by atoms with Crippen molar-refractivity contribution >= 4 is 28.7 Å². The first-order valence-corrected chi connectivity index (χ1v) is 7.20. The van der Waals surface area contributed by atoms with Crippen molar-refractivity contribution in [3.63, 3.8) is 0 Å². The van der Waals surface area contributed by atoms with Gasteiger partial charge >= 0.3 is 6.09 Å². The molecule has 0 saturated heterocycles. The third-order valence-corrected chi connectivity index (χ3v) is 3.93. The summed E-state index contributed by atoms with van der Waals surface area (Å²) in [6.45, 7) is 5.18. The number of rotatable bonds is 2. The van der Waals surface area contributed by atoms with E-state index in [1.54, 1.807) is 0 Å². The Labute approximate surface area is 126 Å². The average Bonchev–Trinajstić information content (AvgIpc) is 2.77. The Hall–Kier alpha value is -1.95. The summed E-state index contributed by atoms with van der Waals surface area (Å²) >= 11 is 6.15. The van der Waals surface area contributed by atoms with Crippen LogP contribution in [0.4, 0.5) is 4.79 Å². The van der Waals surface area contributed by atoms with Crippen molar-refractivity contribution in [2.75, 3.05) is 13.2 Å². The topological polar surface area (TPSA) is 67.6 Å². The van der Waals surface area contributed by atoms with Gasteiger partial charge < -0.3 is 19.3 Å². The molecular formula is C14H16ClN3O3. The summed E-state index contributed by atoms with van der Waals surface area (Å²) in [6, 6.07) is 3.83. The predicted octanol–water partition coefficient (Wildman–Crippen LogP) is 3.14. The lowest BCUT2D eigenvalue weighted by Gasteiger charge is -2.31. The number of amides is 1. The predicted molar refractivity (Wildman–Crippen MR) is 79.1 cm³/mol. The van der Waals surface area contributed by atoms with E-state index in [9.17, 15) is 9.90 Å². The molecular weight excluding hydrogens is 294 g/mol. The molecule has 21 heavy (non-hydrogen) atoms. The number of hydrogen-bond donors (Lipinski definition) is 1. The molecule has 2 aromatic rings. The highest BCUT2D eigenvalue weighted by Gasteiger charge is 2.27. The second kappa shape index (κ2) is 5.11. The Morgan fingerprint density at radius 3 is 3.00 bits per heavy atom. The molecule has 2 aromatic heterocycles. The second-order valence-electron chi connectivity index (χ2n) is 5.14. The van der Waals surface area contributed by atoms with E-state index in [0.717, 1.165) is 16.7 Å². The molecule has 0 fully saturated rings. The number of halogens is 1. The van der Waals surface area contributed by atoms with Gasteiger partial charge in [-0.2, -0.15) is 0 Å². The maximum absolute atomic E-state index is 11.2. The molecule has 1 aliphatic rings. The summed E-state index contributed by atoms with van der Waals surface area (Å²) < 4.78 is 7.51. The van der Waals surface area contributed by atoms with E-state index in [2.05, 4.69) is 9.55 Å². The van der Waals surface area contributed by atoms with Crippen LogP contribution >= 0.6 is 11.6 Å². The summed E-state index contributed by atoms with van der Waals surface area (Å²) in [5.41, 5.74) is 1.69. The monoisotopic (exact) mass is 309 g/mol. The van der Waals surface area contributed by atoms with E-state index in [1.165, 1.54) is 4.90 Å². The summed E-state index contributed by atoms with van der Waals surface area (Å²) in [7, 11) is 0. The first kappa shape index (κ1) is 14.0. The van der Waals surface area contributed by atoms with Crippen LogP contribution in [0.25, 0.3) is 11.0 Å². The zero-order valence-corrected chi connectivity index (χ0v) is 12.6. The highest BCUT2D eigenvalue weighted by Crippen LogP contribution is 2.33. The van der Waals surface area contributed by atoms with E-state index in [-0.39, 0.29) is 6.04 Å². The van der Waals surface area contributed by atoms with Crippen LogP contribution in [0.5, 0.6) is 5.75 Å². The van der Waals surface area contributed by atoms with Gasteiger partial charge in [0.1, 0.15) is 5.65 Å². The van der Waals surface area contributed by atoms with Gasteiger partial charge in [-0.1, -0.05) is 11.6 Å². The highest BCUT2D eigenvalue weighted by atomic mass is 35.5. The van der Waals surface area contributed by atoms with Gasteiger partial charge in [0.25, 0.3) is 0 Å². The van der Waals surface area contributed by atoms with Crippen molar-refractivity contribution in [1.82, 2.24) is 14.5 Å². The van der Waals surface area contributed by atoms with Crippen LogP contribution in [-0.2, 0) is 6.54 Å². The van der Waals surface area contributed by atoms with E-state index in [4.69, 9.17) is 16.3 Å². The highest BCUT2D eigenvalue weighted by molar-refractivity contribution is 6.31. The summed E-state index contributed by atoms with van der Waals surface area (Å²) in [5, 5.41) is 10.4. The minimum absolute atomic E-state index is 0.0175. The zero-order valence-electron chi connectivity index (χ0n) is 11.8. The van der Waals surface area contributed by atoms with Gasteiger partial charge in [0.15, 0.2) is 10.9 Å². The maximum atomic E-state index is 11.2. The number of nitrogens with zero attached hydrogens (tertiary/aromatic N) is 3. The standard InChI is InChI=1S/C14H16ClN3O3/c1-3-21-11-5-9-4-10-7-17(14(19)20)6-8(2)18(10)13(9)16-12(11)15/h4-5,8H,3,6-7H2,1-2H3,(H,19,20)/t8-/m1/s1. The Kier molecular flexibility index (Phi) is 3.41. The molecule has 0 bridgehead atoms. The third-order valence-electron chi connectivity index (χ3n) is 3.66. The number of hydrogen-bond acceptors (Lipinski definition) is 3. The van der Waals surface area contributed by atoms with Crippen molar-refractivity contribution in [2.24, 2.45) is 0 Å². The van der Waals surface area contributed by atoms with Crippen LogP contribution in [0.3, 0.4) is 0 Å². The number of pyridine rings is 1.